The van der Waals surface area contributed by atoms with Crippen molar-refractivity contribution in [3.8, 4) is 0 Å². The van der Waals surface area contributed by atoms with Crippen LogP contribution in [-0.4, -0.2) is 45.8 Å². The normalized spacial score (nSPS) is 20.9. The standard InChI is InChI=1S/C19H22N4O/c1-22-10-5-8-17(22)18-20-12-15-13-23(11-9-16(15)21-18)19(24)14-6-3-2-4-7-14/h2-4,6-7,12,17H,5,8-11,13H2,1H3/t17-/m1/s1. The molecule has 4 rings (SSSR count). The molecule has 24 heavy (non-hydrogen) atoms. The van der Waals surface area contributed by atoms with Crippen molar-refractivity contribution in [3.05, 3.63) is 59.2 Å². The molecule has 5 nitrogen and oxygen atoms in total. The van der Waals surface area contributed by atoms with Crippen molar-refractivity contribution < 1.29 is 4.79 Å². The van der Waals surface area contributed by atoms with Crippen LogP contribution in [0, 0.1) is 0 Å². The molecule has 0 unspecified atom stereocenters. The lowest BCUT2D eigenvalue weighted by molar-refractivity contribution is 0.0733. The van der Waals surface area contributed by atoms with Crippen LogP contribution in [0.5, 0.6) is 0 Å². The van der Waals surface area contributed by atoms with Crippen molar-refractivity contribution in [1.29, 1.82) is 0 Å². The first-order chi connectivity index (χ1) is 11.7. The quantitative estimate of drug-likeness (QED) is 0.852. The number of carbonyl (C=O) groups is 1. The second-order valence-electron chi connectivity index (χ2n) is 6.68. The zero-order valence-electron chi connectivity index (χ0n) is 14.0. The molecule has 0 spiro atoms. The number of benzene rings is 1. The predicted molar refractivity (Wildman–Crippen MR) is 91.5 cm³/mol. The molecule has 0 radical (unpaired) electrons. The number of rotatable bonds is 2. The molecule has 3 heterocycles. The minimum Gasteiger partial charge on any atom is -0.334 e. The highest BCUT2D eigenvalue weighted by molar-refractivity contribution is 5.94. The Morgan fingerprint density at radius 1 is 1.21 bits per heavy atom. The highest BCUT2D eigenvalue weighted by Crippen LogP contribution is 2.29. The lowest BCUT2D eigenvalue weighted by atomic mass is 10.1. The molecule has 2 aromatic rings. The van der Waals surface area contributed by atoms with Gasteiger partial charge in [0, 0.05) is 36.8 Å². The summed E-state index contributed by atoms with van der Waals surface area (Å²) >= 11 is 0. The van der Waals surface area contributed by atoms with Crippen LogP contribution in [-0.2, 0) is 13.0 Å². The average molecular weight is 322 g/mol. The van der Waals surface area contributed by atoms with E-state index in [-0.39, 0.29) is 5.91 Å². The van der Waals surface area contributed by atoms with Crippen LogP contribution in [0.1, 0.15) is 46.3 Å². The van der Waals surface area contributed by atoms with E-state index in [1.165, 1.54) is 6.42 Å². The summed E-state index contributed by atoms with van der Waals surface area (Å²) in [7, 11) is 2.14. The highest BCUT2D eigenvalue weighted by Gasteiger charge is 2.28. The van der Waals surface area contributed by atoms with Gasteiger partial charge >= 0.3 is 0 Å². The number of fused-ring (bicyclic) bond motifs is 1. The Morgan fingerprint density at radius 2 is 2.04 bits per heavy atom. The van der Waals surface area contributed by atoms with E-state index < -0.39 is 0 Å². The third kappa shape index (κ3) is 2.80. The van der Waals surface area contributed by atoms with Gasteiger partial charge in [-0.1, -0.05) is 18.2 Å². The van der Waals surface area contributed by atoms with Gasteiger partial charge in [-0.3, -0.25) is 9.69 Å². The molecule has 1 amide bonds. The fourth-order valence-corrected chi connectivity index (χ4v) is 3.67. The van der Waals surface area contributed by atoms with Crippen molar-refractivity contribution in [2.75, 3.05) is 20.1 Å². The predicted octanol–water partition coefficient (Wildman–Crippen LogP) is 2.44. The molecule has 1 aromatic heterocycles. The third-order valence-electron chi connectivity index (χ3n) is 5.08. The molecular formula is C19H22N4O. The molecule has 1 saturated heterocycles. The van der Waals surface area contributed by atoms with E-state index >= 15 is 0 Å². The first kappa shape index (κ1) is 15.3. The molecule has 124 valence electrons. The summed E-state index contributed by atoms with van der Waals surface area (Å²) in [5.74, 6) is 1.03. The van der Waals surface area contributed by atoms with E-state index in [4.69, 9.17) is 4.98 Å². The van der Waals surface area contributed by atoms with E-state index in [2.05, 4.69) is 16.9 Å². The summed E-state index contributed by atoms with van der Waals surface area (Å²) in [4.78, 5) is 26.2. The second kappa shape index (κ2) is 6.32. The molecule has 1 atom stereocenters. The van der Waals surface area contributed by atoms with Crippen molar-refractivity contribution >= 4 is 5.91 Å². The zero-order valence-corrected chi connectivity index (χ0v) is 14.0. The van der Waals surface area contributed by atoms with Crippen LogP contribution in [0.25, 0.3) is 0 Å². The van der Waals surface area contributed by atoms with Gasteiger partial charge in [-0.2, -0.15) is 0 Å². The number of nitrogens with zero attached hydrogens (tertiary/aromatic N) is 4. The van der Waals surface area contributed by atoms with Gasteiger partial charge in [-0.15, -0.1) is 0 Å². The number of amides is 1. The number of aromatic nitrogens is 2. The fourth-order valence-electron chi connectivity index (χ4n) is 3.67. The monoisotopic (exact) mass is 322 g/mol. The summed E-state index contributed by atoms with van der Waals surface area (Å²) in [6.45, 7) is 2.44. The van der Waals surface area contributed by atoms with Gasteiger partial charge < -0.3 is 4.90 Å². The average Bonchev–Trinajstić information content (AvgIpc) is 3.07. The van der Waals surface area contributed by atoms with Gasteiger partial charge in [0.25, 0.3) is 5.91 Å². The molecule has 1 aromatic carbocycles. The molecule has 1 fully saturated rings. The topological polar surface area (TPSA) is 49.3 Å². The highest BCUT2D eigenvalue weighted by atomic mass is 16.2. The van der Waals surface area contributed by atoms with Gasteiger partial charge in [-0.25, -0.2) is 9.97 Å². The van der Waals surface area contributed by atoms with Crippen molar-refractivity contribution in [3.63, 3.8) is 0 Å². The van der Waals surface area contributed by atoms with Gasteiger partial charge in [0.1, 0.15) is 5.82 Å². The van der Waals surface area contributed by atoms with E-state index in [1.54, 1.807) is 0 Å². The van der Waals surface area contributed by atoms with Crippen LogP contribution in [0.15, 0.2) is 36.5 Å². The van der Waals surface area contributed by atoms with E-state index in [1.807, 2.05) is 41.4 Å². The molecule has 0 bridgehead atoms. The Kier molecular flexibility index (Phi) is 4.02. The van der Waals surface area contributed by atoms with Crippen LogP contribution >= 0.6 is 0 Å². The van der Waals surface area contributed by atoms with Crippen LogP contribution < -0.4 is 0 Å². The smallest absolute Gasteiger partial charge is 0.254 e. The van der Waals surface area contributed by atoms with Gasteiger partial charge in [-0.05, 0) is 38.6 Å². The lowest BCUT2D eigenvalue weighted by Gasteiger charge is -2.29. The molecular weight excluding hydrogens is 300 g/mol. The number of hydrogen-bond donors (Lipinski definition) is 0. The largest absolute Gasteiger partial charge is 0.334 e. The summed E-state index contributed by atoms with van der Waals surface area (Å²) < 4.78 is 0. The van der Waals surface area contributed by atoms with Crippen LogP contribution in [0.2, 0.25) is 0 Å². The van der Waals surface area contributed by atoms with E-state index in [0.717, 1.165) is 48.6 Å². The summed E-state index contributed by atoms with van der Waals surface area (Å²) in [5, 5.41) is 0. The Balaban J connectivity index is 1.53. The van der Waals surface area contributed by atoms with Crippen molar-refractivity contribution in [2.24, 2.45) is 0 Å². The maximum atomic E-state index is 12.6. The zero-order chi connectivity index (χ0) is 16.5. The lowest BCUT2D eigenvalue weighted by Crippen LogP contribution is -2.36. The molecule has 2 aliphatic rings. The first-order valence-corrected chi connectivity index (χ1v) is 8.61. The minimum absolute atomic E-state index is 0.0841. The second-order valence-corrected chi connectivity index (χ2v) is 6.68. The van der Waals surface area contributed by atoms with Crippen molar-refractivity contribution in [1.82, 2.24) is 19.8 Å². The minimum atomic E-state index is 0.0841. The molecule has 0 aliphatic carbocycles. The Morgan fingerprint density at radius 3 is 2.79 bits per heavy atom. The Hall–Kier alpha value is -2.27. The van der Waals surface area contributed by atoms with Crippen molar-refractivity contribution in [2.45, 2.75) is 31.8 Å². The van der Waals surface area contributed by atoms with E-state index in [0.29, 0.717) is 12.6 Å². The van der Waals surface area contributed by atoms with Crippen LogP contribution in [0.4, 0.5) is 0 Å². The summed E-state index contributed by atoms with van der Waals surface area (Å²) in [6.07, 6.45) is 5.07. The number of hydrogen-bond acceptors (Lipinski definition) is 4. The molecule has 0 N–H and O–H groups in total. The summed E-state index contributed by atoms with van der Waals surface area (Å²) in [6, 6.07) is 9.81. The Bertz CT molecular complexity index is 746. The maximum Gasteiger partial charge on any atom is 0.254 e. The van der Waals surface area contributed by atoms with Gasteiger partial charge in [0.15, 0.2) is 0 Å². The number of carbonyl (C=O) groups excluding carboxylic acids is 1. The fraction of sp³-hybridized carbons (Fsp3) is 0.421. The van der Waals surface area contributed by atoms with E-state index in [9.17, 15) is 4.79 Å². The maximum absolute atomic E-state index is 12.6. The van der Waals surface area contributed by atoms with Gasteiger partial charge in [0.2, 0.25) is 0 Å². The number of likely N-dealkylation sites (tertiary alicyclic amines) is 1. The Labute approximate surface area is 142 Å². The molecule has 2 aliphatic heterocycles. The first-order valence-electron chi connectivity index (χ1n) is 8.61. The summed E-state index contributed by atoms with van der Waals surface area (Å²) in [5.41, 5.74) is 2.93. The third-order valence-corrected chi connectivity index (χ3v) is 5.08. The van der Waals surface area contributed by atoms with Crippen LogP contribution in [0.3, 0.4) is 0 Å². The molecule has 5 heteroatoms. The SMILES string of the molecule is CN1CCC[C@@H]1c1ncc2c(n1)CCN(C(=O)c1ccccc1)C2. The molecule has 0 saturated carbocycles. The van der Waals surface area contributed by atoms with Gasteiger partial charge in [0.05, 0.1) is 11.7 Å².